The molecule has 0 aliphatic heterocycles. The minimum Gasteiger partial charge on any atom is -0.198 e. The van der Waals surface area contributed by atoms with Crippen LogP contribution in [0.1, 0.15) is 30.9 Å². The Morgan fingerprint density at radius 1 is 1.19 bits per heavy atom. The minimum absolute atomic E-state index is 0.309. The van der Waals surface area contributed by atoms with Crippen LogP contribution in [-0.4, -0.2) is 0 Å². The van der Waals surface area contributed by atoms with Crippen molar-refractivity contribution >= 4 is 0 Å². The Kier molecular flexibility index (Phi) is 3.65. The van der Waals surface area contributed by atoms with E-state index >= 15 is 0 Å². The van der Waals surface area contributed by atoms with E-state index in [1.165, 1.54) is 0 Å². The summed E-state index contributed by atoms with van der Waals surface area (Å²) in [5, 5.41) is 26.8. The van der Waals surface area contributed by atoms with Crippen molar-refractivity contribution in [3.05, 3.63) is 35.4 Å². The van der Waals surface area contributed by atoms with Gasteiger partial charge in [0.25, 0.3) is 0 Å². The van der Waals surface area contributed by atoms with Gasteiger partial charge >= 0.3 is 0 Å². The Morgan fingerprint density at radius 3 is 2.44 bits per heavy atom. The maximum absolute atomic E-state index is 9.22. The van der Waals surface area contributed by atoms with Gasteiger partial charge in [-0.1, -0.05) is 18.2 Å². The largest absolute Gasteiger partial charge is 0.198 e. The average molecular weight is 209 g/mol. The van der Waals surface area contributed by atoms with Gasteiger partial charge < -0.3 is 0 Å². The number of nitrogens with zero attached hydrogens (tertiary/aromatic N) is 3. The molecule has 0 bridgehead atoms. The van der Waals surface area contributed by atoms with Crippen molar-refractivity contribution in [1.82, 2.24) is 0 Å². The van der Waals surface area contributed by atoms with Gasteiger partial charge in [-0.25, -0.2) is 0 Å². The highest BCUT2D eigenvalue weighted by Gasteiger charge is 2.28. The van der Waals surface area contributed by atoms with Crippen LogP contribution in [-0.2, 0) is 5.41 Å². The molecule has 0 radical (unpaired) electrons. The lowest BCUT2D eigenvalue weighted by Crippen LogP contribution is -2.20. The second-order valence-electron chi connectivity index (χ2n) is 3.76. The summed E-state index contributed by atoms with van der Waals surface area (Å²) in [4.78, 5) is 0. The van der Waals surface area contributed by atoms with Crippen LogP contribution < -0.4 is 0 Å². The van der Waals surface area contributed by atoms with E-state index in [1.807, 2.05) is 6.07 Å². The molecule has 78 valence electrons. The molecule has 1 rings (SSSR count). The van der Waals surface area contributed by atoms with Crippen molar-refractivity contribution in [2.75, 3.05) is 0 Å². The lowest BCUT2D eigenvalue weighted by atomic mass is 9.78. The fourth-order valence-corrected chi connectivity index (χ4v) is 1.62. The Labute approximate surface area is 95.2 Å². The molecule has 0 saturated heterocycles. The molecule has 0 amide bonds. The van der Waals surface area contributed by atoms with E-state index in [1.54, 1.807) is 31.2 Å². The van der Waals surface area contributed by atoms with Crippen molar-refractivity contribution in [2.45, 2.75) is 25.2 Å². The van der Waals surface area contributed by atoms with E-state index in [0.29, 0.717) is 24.0 Å². The number of benzene rings is 1. The number of hydrogen-bond donors (Lipinski definition) is 0. The topological polar surface area (TPSA) is 71.4 Å². The lowest BCUT2D eigenvalue weighted by Gasteiger charge is -2.21. The lowest BCUT2D eigenvalue weighted by molar-refractivity contribution is 0.561. The highest BCUT2D eigenvalue weighted by molar-refractivity contribution is 5.45. The van der Waals surface area contributed by atoms with Crippen LogP contribution in [0.4, 0.5) is 0 Å². The van der Waals surface area contributed by atoms with Gasteiger partial charge in [0.15, 0.2) is 0 Å². The highest BCUT2D eigenvalue weighted by atomic mass is 14.4. The molecular formula is C13H11N3. The number of nitriles is 3. The average Bonchev–Trinajstić information content (AvgIpc) is 2.36. The summed E-state index contributed by atoms with van der Waals surface area (Å²) in [5.41, 5.74) is 0.446. The molecule has 0 N–H and O–H groups in total. The second kappa shape index (κ2) is 4.96. The summed E-state index contributed by atoms with van der Waals surface area (Å²) in [6.45, 7) is 1.76. The highest BCUT2D eigenvalue weighted by Crippen LogP contribution is 2.30. The molecule has 16 heavy (non-hydrogen) atoms. The molecule has 0 fully saturated rings. The van der Waals surface area contributed by atoms with E-state index in [0.717, 1.165) is 0 Å². The molecule has 1 unspecified atom stereocenters. The van der Waals surface area contributed by atoms with Gasteiger partial charge in [-0.2, -0.15) is 15.8 Å². The van der Waals surface area contributed by atoms with Crippen LogP contribution in [0.3, 0.4) is 0 Å². The molecule has 0 aliphatic carbocycles. The summed E-state index contributed by atoms with van der Waals surface area (Å²) in [6, 6.07) is 13.4. The molecule has 1 aromatic carbocycles. The van der Waals surface area contributed by atoms with Gasteiger partial charge in [0.05, 0.1) is 29.2 Å². The molecule has 0 aromatic heterocycles. The van der Waals surface area contributed by atoms with Gasteiger partial charge in [-0.15, -0.1) is 0 Å². The van der Waals surface area contributed by atoms with Crippen molar-refractivity contribution in [3.8, 4) is 18.2 Å². The van der Waals surface area contributed by atoms with E-state index in [9.17, 15) is 5.26 Å². The van der Waals surface area contributed by atoms with Gasteiger partial charge in [0, 0.05) is 6.42 Å². The van der Waals surface area contributed by atoms with Crippen molar-refractivity contribution < 1.29 is 0 Å². The van der Waals surface area contributed by atoms with Crippen LogP contribution >= 0.6 is 0 Å². The fraction of sp³-hybridized carbons (Fsp3) is 0.308. The predicted molar refractivity (Wildman–Crippen MR) is 59.0 cm³/mol. The number of hydrogen-bond acceptors (Lipinski definition) is 3. The Balaban J connectivity index is 3.20. The minimum atomic E-state index is -0.762. The van der Waals surface area contributed by atoms with Gasteiger partial charge in [0.2, 0.25) is 0 Å². The first kappa shape index (κ1) is 11.8. The summed E-state index contributed by atoms with van der Waals surface area (Å²) in [7, 11) is 0. The zero-order valence-electron chi connectivity index (χ0n) is 9.07. The molecule has 1 atom stereocenters. The molecule has 0 aliphatic rings. The summed E-state index contributed by atoms with van der Waals surface area (Å²) in [5.74, 6) is 0. The predicted octanol–water partition coefficient (Wildman–Crippen LogP) is 2.64. The van der Waals surface area contributed by atoms with Crippen molar-refractivity contribution in [1.29, 1.82) is 15.8 Å². The second-order valence-corrected chi connectivity index (χ2v) is 3.76. The third kappa shape index (κ3) is 2.19. The standard InChI is InChI=1S/C13H11N3/c1-13(10-16,7-4-8-14)12-6-3-2-5-11(12)9-15/h2-3,5-6H,4,7H2,1H3. The molecular weight excluding hydrogens is 198 g/mol. The Morgan fingerprint density at radius 2 is 1.88 bits per heavy atom. The maximum atomic E-state index is 9.22. The van der Waals surface area contributed by atoms with Gasteiger partial charge in [0.1, 0.15) is 0 Å². The summed E-state index contributed by atoms with van der Waals surface area (Å²) >= 11 is 0. The van der Waals surface area contributed by atoms with Crippen LogP contribution in [0.5, 0.6) is 0 Å². The number of rotatable bonds is 3. The molecule has 1 aromatic rings. The molecule has 0 saturated carbocycles. The Hall–Kier alpha value is -2.31. The van der Waals surface area contributed by atoms with E-state index < -0.39 is 5.41 Å². The zero-order chi connectivity index (χ0) is 12.0. The monoisotopic (exact) mass is 209 g/mol. The van der Waals surface area contributed by atoms with Crippen LogP contribution in [0.25, 0.3) is 0 Å². The smallest absolute Gasteiger partial charge is 0.0995 e. The maximum Gasteiger partial charge on any atom is 0.0995 e. The molecule has 3 heteroatoms. The molecule has 0 heterocycles. The third-order valence-electron chi connectivity index (χ3n) is 2.63. The zero-order valence-corrected chi connectivity index (χ0v) is 9.07. The summed E-state index contributed by atoms with van der Waals surface area (Å²) < 4.78 is 0. The SMILES string of the molecule is CC(C#N)(CCC#N)c1ccccc1C#N. The van der Waals surface area contributed by atoms with E-state index in [-0.39, 0.29) is 0 Å². The van der Waals surface area contributed by atoms with Crippen molar-refractivity contribution in [3.63, 3.8) is 0 Å². The third-order valence-corrected chi connectivity index (χ3v) is 2.63. The van der Waals surface area contributed by atoms with Crippen LogP contribution in [0.15, 0.2) is 24.3 Å². The quantitative estimate of drug-likeness (QED) is 0.768. The van der Waals surface area contributed by atoms with Gasteiger partial charge in [-0.05, 0) is 25.0 Å². The first-order valence-electron chi connectivity index (χ1n) is 4.96. The van der Waals surface area contributed by atoms with Crippen molar-refractivity contribution in [2.24, 2.45) is 0 Å². The summed E-state index contributed by atoms with van der Waals surface area (Å²) in [6.07, 6.45) is 0.752. The van der Waals surface area contributed by atoms with E-state index in [2.05, 4.69) is 12.1 Å². The first-order chi connectivity index (χ1) is 7.68. The van der Waals surface area contributed by atoms with Gasteiger partial charge in [-0.3, -0.25) is 0 Å². The van der Waals surface area contributed by atoms with Crippen LogP contribution in [0, 0.1) is 34.0 Å². The Bertz CT molecular complexity index is 499. The van der Waals surface area contributed by atoms with Crippen LogP contribution in [0.2, 0.25) is 0 Å². The van der Waals surface area contributed by atoms with E-state index in [4.69, 9.17) is 10.5 Å². The normalized spacial score (nSPS) is 12.9. The molecule has 0 spiro atoms. The fourth-order valence-electron chi connectivity index (χ4n) is 1.62. The first-order valence-corrected chi connectivity index (χ1v) is 4.96. The molecule has 3 nitrogen and oxygen atoms in total.